The summed E-state index contributed by atoms with van der Waals surface area (Å²) >= 11 is 0. The molecule has 80 valence electrons. The van der Waals surface area contributed by atoms with Gasteiger partial charge in [-0.15, -0.1) is 0 Å². The van der Waals surface area contributed by atoms with Crippen LogP contribution in [0.1, 0.15) is 5.56 Å². The Labute approximate surface area is 89.5 Å². The minimum atomic E-state index is -0.725. The molecular formula is C9H5N3O4. The second kappa shape index (κ2) is 4.65. The molecule has 0 fully saturated rings. The van der Waals surface area contributed by atoms with Gasteiger partial charge in [-0.3, -0.25) is 20.2 Å². The van der Waals surface area contributed by atoms with E-state index in [9.17, 15) is 20.2 Å². The van der Waals surface area contributed by atoms with Gasteiger partial charge in [0.15, 0.2) is 0 Å². The van der Waals surface area contributed by atoms with E-state index >= 15 is 0 Å². The first-order valence-electron chi connectivity index (χ1n) is 4.04. The number of non-ortho nitro benzene ring substituents is 2. The number of rotatable bonds is 3. The molecule has 0 saturated heterocycles. The molecule has 0 spiro atoms. The monoisotopic (exact) mass is 219 g/mol. The van der Waals surface area contributed by atoms with E-state index in [1.807, 2.05) is 0 Å². The number of nitrogens with zero attached hydrogens (tertiary/aromatic N) is 3. The Hall–Kier alpha value is -2.75. The molecule has 0 aliphatic rings. The first-order chi connectivity index (χ1) is 7.54. The summed E-state index contributed by atoms with van der Waals surface area (Å²) in [6.45, 7) is 0. The van der Waals surface area contributed by atoms with Crippen molar-refractivity contribution in [2.75, 3.05) is 0 Å². The van der Waals surface area contributed by atoms with E-state index in [4.69, 9.17) is 5.26 Å². The van der Waals surface area contributed by atoms with Crippen LogP contribution >= 0.6 is 0 Å². The number of nitro groups is 2. The standard InChI is InChI=1S/C9H5N3O4/c10-3-1-2-7-4-8(11(13)14)6-9(5-7)12(15)16/h1-2,4-6H/b2-1+. The van der Waals surface area contributed by atoms with Gasteiger partial charge in [-0.05, 0) is 11.6 Å². The highest BCUT2D eigenvalue weighted by atomic mass is 16.6. The second-order valence-electron chi connectivity index (χ2n) is 2.76. The van der Waals surface area contributed by atoms with Gasteiger partial charge in [-0.1, -0.05) is 0 Å². The third kappa shape index (κ3) is 2.62. The van der Waals surface area contributed by atoms with E-state index in [0.717, 1.165) is 24.3 Å². The van der Waals surface area contributed by atoms with Crippen LogP contribution in [-0.4, -0.2) is 9.85 Å². The normalized spacial score (nSPS) is 9.94. The number of hydrogen-bond donors (Lipinski definition) is 0. The number of benzene rings is 1. The molecule has 0 aliphatic heterocycles. The topological polar surface area (TPSA) is 110 Å². The Kier molecular flexibility index (Phi) is 3.29. The Bertz CT molecular complexity index is 484. The highest BCUT2D eigenvalue weighted by Gasteiger charge is 2.15. The maximum absolute atomic E-state index is 10.5. The van der Waals surface area contributed by atoms with Crippen molar-refractivity contribution in [2.24, 2.45) is 0 Å². The molecule has 16 heavy (non-hydrogen) atoms. The quantitative estimate of drug-likeness (QED) is 0.438. The van der Waals surface area contributed by atoms with E-state index in [1.54, 1.807) is 6.07 Å². The summed E-state index contributed by atoms with van der Waals surface area (Å²) in [4.78, 5) is 19.5. The Balaban J connectivity index is 3.30. The van der Waals surface area contributed by atoms with Gasteiger partial charge in [0.2, 0.25) is 0 Å². The zero-order valence-electron chi connectivity index (χ0n) is 7.86. The van der Waals surface area contributed by atoms with E-state index in [1.165, 1.54) is 6.08 Å². The van der Waals surface area contributed by atoms with Crippen molar-refractivity contribution >= 4 is 17.5 Å². The molecule has 0 aliphatic carbocycles. The van der Waals surface area contributed by atoms with Crippen LogP contribution in [0.4, 0.5) is 11.4 Å². The lowest BCUT2D eigenvalue weighted by Crippen LogP contribution is -1.93. The molecule has 0 aromatic heterocycles. The average molecular weight is 219 g/mol. The number of nitro benzene ring substituents is 2. The van der Waals surface area contributed by atoms with Gasteiger partial charge in [0.1, 0.15) is 0 Å². The number of hydrogen-bond acceptors (Lipinski definition) is 5. The van der Waals surface area contributed by atoms with Gasteiger partial charge in [0.05, 0.1) is 22.0 Å². The summed E-state index contributed by atoms with van der Waals surface area (Å²) < 4.78 is 0. The van der Waals surface area contributed by atoms with Gasteiger partial charge in [0, 0.05) is 18.2 Å². The summed E-state index contributed by atoms with van der Waals surface area (Å²) in [5, 5.41) is 29.3. The minimum absolute atomic E-state index is 0.238. The maximum atomic E-state index is 10.5. The molecule has 7 nitrogen and oxygen atoms in total. The maximum Gasteiger partial charge on any atom is 0.276 e. The van der Waals surface area contributed by atoms with Gasteiger partial charge >= 0.3 is 0 Å². The molecular weight excluding hydrogens is 214 g/mol. The van der Waals surface area contributed by atoms with Crippen molar-refractivity contribution < 1.29 is 9.85 Å². The minimum Gasteiger partial charge on any atom is -0.258 e. The summed E-state index contributed by atoms with van der Waals surface area (Å²) in [5.74, 6) is 0. The van der Waals surface area contributed by atoms with Gasteiger partial charge in [-0.25, -0.2) is 0 Å². The van der Waals surface area contributed by atoms with E-state index < -0.39 is 9.85 Å². The van der Waals surface area contributed by atoms with Gasteiger partial charge < -0.3 is 0 Å². The highest BCUT2D eigenvalue weighted by molar-refractivity contribution is 5.60. The average Bonchev–Trinajstić information content (AvgIpc) is 2.25. The SMILES string of the molecule is N#C/C=C/c1cc([N+](=O)[O-])cc([N+](=O)[O-])c1. The van der Waals surface area contributed by atoms with Gasteiger partial charge in [-0.2, -0.15) is 5.26 Å². The van der Waals surface area contributed by atoms with Crippen molar-refractivity contribution in [1.82, 2.24) is 0 Å². The van der Waals surface area contributed by atoms with Gasteiger partial charge in [0.25, 0.3) is 11.4 Å². The molecule has 1 aromatic carbocycles. The van der Waals surface area contributed by atoms with Crippen LogP contribution in [0.2, 0.25) is 0 Å². The lowest BCUT2D eigenvalue weighted by Gasteiger charge is -1.95. The lowest BCUT2D eigenvalue weighted by molar-refractivity contribution is -0.394. The number of nitriles is 1. The van der Waals surface area contributed by atoms with E-state index in [0.29, 0.717) is 0 Å². The van der Waals surface area contributed by atoms with Crippen LogP contribution in [0.5, 0.6) is 0 Å². The fourth-order valence-electron chi connectivity index (χ4n) is 1.06. The summed E-state index contributed by atoms with van der Waals surface area (Å²) in [6.07, 6.45) is 2.35. The van der Waals surface area contributed by atoms with Crippen molar-refractivity contribution in [3.8, 4) is 6.07 Å². The molecule has 0 saturated carbocycles. The van der Waals surface area contributed by atoms with Crippen LogP contribution < -0.4 is 0 Å². The molecule has 0 amide bonds. The summed E-state index contributed by atoms with van der Waals surface area (Å²) in [7, 11) is 0. The largest absolute Gasteiger partial charge is 0.276 e. The molecule has 0 N–H and O–H groups in total. The fourth-order valence-corrected chi connectivity index (χ4v) is 1.06. The van der Waals surface area contributed by atoms with Crippen LogP contribution in [-0.2, 0) is 0 Å². The second-order valence-corrected chi connectivity index (χ2v) is 2.76. The first kappa shape index (κ1) is 11.3. The van der Waals surface area contributed by atoms with Crippen molar-refractivity contribution in [3.05, 3.63) is 50.1 Å². The first-order valence-corrected chi connectivity index (χ1v) is 4.04. The Morgan fingerprint density at radius 3 is 2.00 bits per heavy atom. The van der Waals surface area contributed by atoms with Crippen LogP contribution in [0.25, 0.3) is 6.08 Å². The molecule has 0 radical (unpaired) electrons. The Morgan fingerprint density at radius 2 is 1.62 bits per heavy atom. The Morgan fingerprint density at radius 1 is 1.12 bits per heavy atom. The fraction of sp³-hybridized carbons (Fsp3) is 0. The van der Waals surface area contributed by atoms with Crippen LogP contribution in [0, 0.1) is 31.6 Å². The van der Waals surface area contributed by atoms with Crippen LogP contribution in [0.3, 0.4) is 0 Å². The molecule has 0 bridgehead atoms. The third-order valence-corrected chi connectivity index (χ3v) is 1.70. The zero-order valence-corrected chi connectivity index (χ0v) is 7.86. The lowest BCUT2D eigenvalue weighted by atomic mass is 10.1. The molecule has 0 atom stereocenters. The number of allylic oxidation sites excluding steroid dienone is 1. The summed E-state index contributed by atoms with van der Waals surface area (Å²) in [6, 6.07) is 4.87. The predicted molar refractivity (Wildman–Crippen MR) is 54.4 cm³/mol. The molecule has 1 aromatic rings. The molecule has 7 heteroatoms. The highest BCUT2D eigenvalue weighted by Crippen LogP contribution is 2.23. The predicted octanol–water partition coefficient (Wildman–Crippen LogP) is 2.04. The van der Waals surface area contributed by atoms with Crippen LogP contribution in [0.15, 0.2) is 24.3 Å². The molecule has 0 heterocycles. The van der Waals surface area contributed by atoms with Crippen molar-refractivity contribution in [2.45, 2.75) is 0 Å². The van der Waals surface area contributed by atoms with E-state index in [2.05, 4.69) is 0 Å². The third-order valence-electron chi connectivity index (χ3n) is 1.70. The summed E-state index contributed by atoms with van der Waals surface area (Å²) in [5.41, 5.74) is -0.527. The zero-order chi connectivity index (χ0) is 12.1. The molecule has 0 unspecified atom stereocenters. The smallest absolute Gasteiger partial charge is 0.258 e. The molecule has 1 rings (SSSR count). The van der Waals surface area contributed by atoms with Crippen molar-refractivity contribution in [3.63, 3.8) is 0 Å². The van der Waals surface area contributed by atoms with E-state index in [-0.39, 0.29) is 16.9 Å². The van der Waals surface area contributed by atoms with Crippen molar-refractivity contribution in [1.29, 1.82) is 5.26 Å².